The molecule has 0 fully saturated rings. The molecule has 4 amide bonds. The maximum atomic E-state index is 13.2. The molecule has 12 heteroatoms. The second-order valence-corrected chi connectivity index (χ2v) is 8.48. The van der Waals surface area contributed by atoms with E-state index in [9.17, 15) is 29.1 Å². The first kappa shape index (κ1) is 29.4. The molecule has 0 radical (unpaired) electrons. The second kappa shape index (κ2) is 13.9. The number of hydrogen-bond donors (Lipinski definition) is 7. The monoisotopic (exact) mass is 493 g/mol. The van der Waals surface area contributed by atoms with Crippen molar-refractivity contribution in [2.75, 3.05) is 0 Å². The number of carboxylic acids is 1. The Kier molecular flexibility index (Phi) is 11.7. The molecule has 0 saturated carbocycles. The lowest BCUT2D eigenvalue weighted by molar-refractivity contribution is -0.142. The first-order valence-electron chi connectivity index (χ1n) is 11.3. The fourth-order valence-corrected chi connectivity index (χ4v) is 3.11. The summed E-state index contributed by atoms with van der Waals surface area (Å²) in [6.07, 6.45) is 0.398. The molecular formula is C23H35N5O7. The zero-order valence-electron chi connectivity index (χ0n) is 20.1. The summed E-state index contributed by atoms with van der Waals surface area (Å²) >= 11 is 0. The Morgan fingerprint density at radius 3 is 2.06 bits per heavy atom. The molecule has 0 heterocycles. The van der Waals surface area contributed by atoms with Crippen molar-refractivity contribution in [2.45, 2.75) is 70.6 Å². The average Bonchev–Trinajstić information content (AvgIpc) is 2.80. The Bertz CT molecular complexity index is 906. The van der Waals surface area contributed by atoms with Gasteiger partial charge in [-0.1, -0.05) is 32.4 Å². The number of carbonyl (C=O) groups is 5. The quantitative estimate of drug-likeness (QED) is 0.172. The largest absolute Gasteiger partial charge is 0.508 e. The van der Waals surface area contributed by atoms with Crippen LogP contribution in [0.4, 0.5) is 0 Å². The first-order valence-corrected chi connectivity index (χ1v) is 11.3. The summed E-state index contributed by atoms with van der Waals surface area (Å²) in [5, 5.41) is 26.1. The van der Waals surface area contributed by atoms with Gasteiger partial charge in [0.15, 0.2) is 0 Å². The van der Waals surface area contributed by atoms with E-state index in [0.29, 0.717) is 12.0 Å². The molecule has 0 aliphatic rings. The molecule has 1 aromatic carbocycles. The zero-order valence-corrected chi connectivity index (χ0v) is 20.1. The summed E-state index contributed by atoms with van der Waals surface area (Å²) < 4.78 is 0. The van der Waals surface area contributed by atoms with Crippen LogP contribution in [0.2, 0.25) is 0 Å². The lowest BCUT2D eigenvalue weighted by atomic mass is 9.96. The van der Waals surface area contributed by atoms with Crippen LogP contribution < -0.4 is 27.4 Å². The standard InChI is InChI=1S/C23H35N5O7/c1-4-12(2)19(22(33)26-13(3)23(34)35)28-21(32)17(11-14-5-7-15(29)8-6-14)27-20(31)16(24)9-10-18(25)30/h5-8,12-13,16-17,19,29H,4,9-11,24H2,1-3H3,(H2,25,30)(H,26,33)(H,27,31)(H,28,32)(H,34,35). The Balaban J connectivity index is 3.10. The summed E-state index contributed by atoms with van der Waals surface area (Å²) in [6, 6.07) is 1.52. The minimum absolute atomic E-state index is 0.0142. The number of hydrogen-bond acceptors (Lipinski definition) is 7. The highest BCUT2D eigenvalue weighted by Crippen LogP contribution is 2.13. The highest BCUT2D eigenvalue weighted by Gasteiger charge is 2.32. The third-order valence-corrected chi connectivity index (χ3v) is 5.57. The summed E-state index contributed by atoms with van der Waals surface area (Å²) in [5.74, 6) is -4.21. The summed E-state index contributed by atoms with van der Waals surface area (Å²) in [5.41, 5.74) is 11.5. The van der Waals surface area contributed by atoms with Crippen LogP contribution in [0.5, 0.6) is 5.75 Å². The van der Waals surface area contributed by atoms with Crippen molar-refractivity contribution in [1.29, 1.82) is 0 Å². The molecule has 5 atom stereocenters. The van der Waals surface area contributed by atoms with Gasteiger partial charge in [0.25, 0.3) is 0 Å². The molecule has 9 N–H and O–H groups in total. The van der Waals surface area contributed by atoms with E-state index in [1.165, 1.54) is 19.1 Å². The normalized spacial score (nSPS) is 15.1. The van der Waals surface area contributed by atoms with Gasteiger partial charge in [0.1, 0.15) is 23.9 Å². The van der Waals surface area contributed by atoms with Gasteiger partial charge in [-0.25, -0.2) is 0 Å². The summed E-state index contributed by atoms with van der Waals surface area (Å²) in [7, 11) is 0. The van der Waals surface area contributed by atoms with Crippen LogP contribution in [0, 0.1) is 5.92 Å². The maximum absolute atomic E-state index is 13.2. The van der Waals surface area contributed by atoms with Crippen molar-refractivity contribution < 1.29 is 34.2 Å². The molecule has 0 aromatic heterocycles. The Morgan fingerprint density at radius 2 is 1.54 bits per heavy atom. The molecule has 0 saturated heterocycles. The van der Waals surface area contributed by atoms with E-state index in [4.69, 9.17) is 16.6 Å². The number of carboxylic acid groups (broad SMARTS) is 1. The fraction of sp³-hybridized carbons (Fsp3) is 0.522. The number of nitrogens with two attached hydrogens (primary N) is 2. The number of rotatable bonds is 14. The van der Waals surface area contributed by atoms with Crippen molar-refractivity contribution in [3.05, 3.63) is 29.8 Å². The molecule has 0 spiro atoms. The van der Waals surface area contributed by atoms with E-state index in [2.05, 4.69) is 16.0 Å². The number of carbonyl (C=O) groups excluding carboxylic acids is 4. The van der Waals surface area contributed by atoms with E-state index in [1.807, 2.05) is 6.92 Å². The van der Waals surface area contributed by atoms with Crippen LogP contribution in [-0.2, 0) is 30.4 Å². The predicted octanol–water partition coefficient (Wildman–Crippen LogP) is -0.867. The van der Waals surface area contributed by atoms with Crippen LogP contribution in [0.3, 0.4) is 0 Å². The molecule has 0 aliphatic carbocycles. The SMILES string of the molecule is CCC(C)C(NC(=O)C(Cc1ccc(O)cc1)NC(=O)C(N)CCC(N)=O)C(=O)NC(C)C(=O)O. The molecule has 1 rings (SSSR count). The number of phenols is 1. The number of primary amides is 1. The van der Waals surface area contributed by atoms with Crippen LogP contribution in [0.25, 0.3) is 0 Å². The number of benzene rings is 1. The summed E-state index contributed by atoms with van der Waals surface area (Å²) in [6.45, 7) is 4.84. The van der Waals surface area contributed by atoms with Crippen LogP contribution in [-0.4, -0.2) is 64.0 Å². The topological polar surface area (TPSA) is 214 Å². The van der Waals surface area contributed by atoms with Gasteiger partial charge in [0, 0.05) is 12.8 Å². The van der Waals surface area contributed by atoms with E-state index in [1.54, 1.807) is 19.1 Å². The number of aromatic hydroxyl groups is 1. The predicted molar refractivity (Wildman–Crippen MR) is 127 cm³/mol. The fourth-order valence-electron chi connectivity index (χ4n) is 3.11. The van der Waals surface area contributed by atoms with Gasteiger partial charge in [0.2, 0.25) is 23.6 Å². The molecule has 5 unspecified atom stereocenters. The highest BCUT2D eigenvalue weighted by molar-refractivity contribution is 5.94. The van der Waals surface area contributed by atoms with E-state index in [0.717, 1.165) is 0 Å². The van der Waals surface area contributed by atoms with Gasteiger partial charge in [-0.2, -0.15) is 0 Å². The van der Waals surface area contributed by atoms with Crippen molar-refractivity contribution >= 4 is 29.6 Å². The lowest BCUT2D eigenvalue weighted by Crippen LogP contribution is -2.58. The van der Waals surface area contributed by atoms with Crippen molar-refractivity contribution in [3.8, 4) is 5.75 Å². The van der Waals surface area contributed by atoms with Gasteiger partial charge in [-0.05, 0) is 37.0 Å². The molecule has 35 heavy (non-hydrogen) atoms. The number of aliphatic carboxylic acids is 1. The van der Waals surface area contributed by atoms with Crippen molar-refractivity contribution in [3.63, 3.8) is 0 Å². The van der Waals surface area contributed by atoms with Gasteiger partial charge in [-0.15, -0.1) is 0 Å². The van der Waals surface area contributed by atoms with Gasteiger partial charge in [0.05, 0.1) is 6.04 Å². The maximum Gasteiger partial charge on any atom is 0.325 e. The van der Waals surface area contributed by atoms with Crippen LogP contribution in [0.15, 0.2) is 24.3 Å². The molecule has 12 nitrogen and oxygen atoms in total. The van der Waals surface area contributed by atoms with Crippen LogP contribution in [0.1, 0.15) is 45.6 Å². The first-order chi connectivity index (χ1) is 16.3. The van der Waals surface area contributed by atoms with Gasteiger partial charge >= 0.3 is 5.97 Å². The highest BCUT2D eigenvalue weighted by atomic mass is 16.4. The molecule has 194 valence electrons. The number of nitrogens with one attached hydrogen (secondary N) is 3. The van der Waals surface area contributed by atoms with Gasteiger partial charge in [-0.3, -0.25) is 24.0 Å². The van der Waals surface area contributed by atoms with Crippen molar-refractivity contribution in [1.82, 2.24) is 16.0 Å². The van der Waals surface area contributed by atoms with E-state index in [-0.39, 0.29) is 30.9 Å². The Labute approximate surface area is 203 Å². The average molecular weight is 494 g/mol. The van der Waals surface area contributed by atoms with Gasteiger partial charge < -0.3 is 37.6 Å². The Morgan fingerprint density at radius 1 is 0.943 bits per heavy atom. The molecule has 1 aromatic rings. The number of amides is 4. The molecule has 0 aliphatic heterocycles. The third-order valence-electron chi connectivity index (χ3n) is 5.57. The smallest absolute Gasteiger partial charge is 0.325 e. The van der Waals surface area contributed by atoms with E-state index >= 15 is 0 Å². The zero-order chi connectivity index (χ0) is 26.7. The van der Waals surface area contributed by atoms with E-state index < -0.39 is 53.8 Å². The molecule has 0 bridgehead atoms. The minimum atomic E-state index is -1.23. The summed E-state index contributed by atoms with van der Waals surface area (Å²) in [4.78, 5) is 60.6. The Hall–Kier alpha value is -3.67. The lowest BCUT2D eigenvalue weighted by Gasteiger charge is -2.27. The second-order valence-electron chi connectivity index (χ2n) is 8.48. The van der Waals surface area contributed by atoms with Crippen LogP contribution >= 0.6 is 0 Å². The molecular weight excluding hydrogens is 458 g/mol. The third kappa shape index (κ3) is 10.0. The van der Waals surface area contributed by atoms with Crippen molar-refractivity contribution in [2.24, 2.45) is 17.4 Å². The minimum Gasteiger partial charge on any atom is -0.508 e. The number of phenolic OH excluding ortho intramolecular Hbond substituents is 1.